The molecule has 6 heteroatoms. The first-order valence-electron chi connectivity index (χ1n) is 10.0. The average Bonchev–Trinajstić information content (AvgIpc) is 2.67. The van der Waals surface area contributed by atoms with Crippen molar-refractivity contribution in [1.29, 1.82) is 0 Å². The van der Waals surface area contributed by atoms with Crippen LogP contribution < -0.4 is 7.06 Å². The minimum atomic E-state index is -3.22. The summed E-state index contributed by atoms with van der Waals surface area (Å²) in [5.74, 6) is 1.38. The Labute approximate surface area is 183 Å². The van der Waals surface area contributed by atoms with E-state index < -0.39 is 22.9 Å². The van der Waals surface area contributed by atoms with Crippen LogP contribution in [0.1, 0.15) is 32.2 Å². The van der Waals surface area contributed by atoms with E-state index in [2.05, 4.69) is 22.1 Å². The number of hydrogen-bond donors (Lipinski definition) is 0. The van der Waals surface area contributed by atoms with E-state index >= 15 is 0 Å². The van der Waals surface area contributed by atoms with Crippen molar-refractivity contribution in [3.63, 3.8) is 0 Å². The molecule has 0 atom stereocenters. The number of benzene rings is 2. The van der Waals surface area contributed by atoms with Gasteiger partial charge in [-0.05, 0) is 0 Å². The normalized spacial score (nSPS) is 11.6. The molecule has 2 aromatic carbocycles. The van der Waals surface area contributed by atoms with Crippen molar-refractivity contribution < 1.29 is 10.6 Å². The van der Waals surface area contributed by atoms with Gasteiger partial charge in [0, 0.05) is 0 Å². The van der Waals surface area contributed by atoms with Crippen molar-refractivity contribution >= 4 is 39.1 Å². The van der Waals surface area contributed by atoms with E-state index in [1.165, 1.54) is 0 Å². The van der Waals surface area contributed by atoms with Gasteiger partial charge in [-0.25, -0.2) is 0 Å². The van der Waals surface area contributed by atoms with E-state index in [0.717, 1.165) is 33.2 Å². The third-order valence-electron chi connectivity index (χ3n) is 4.54. The third-order valence-corrected chi connectivity index (χ3v) is 8.30. The Kier molecular flexibility index (Phi) is 5.73. The van der Waals surface area contributed by atoms with Gasteiger partial charge >= 0.3 is 183 Å². The van der Waals surface area contributed by atoms with Gasteiger partial charge in [0.15, 0.2) is 0 Å². The van der Waals surface area contributed by atoms with Crippen LogP contribution in [0.4, 0.5) is 0 Å². The van der Waals surface area contributed by atoms with Crippen LogP contribution in [0.3, 0.4) is 0 Å². The van der Waals surface area contributed by atoms with Crippen molar-refractivity contribution in [2.45, 2.75) is 40.2 Å². The third kappa shape index (κ3) is 4.78. The van der Waals surface area contributed by atoms with Crippen LogP contribution in [-0.4, -0.2) is 32.9 Å². The number of hydrogen-bond acceptors (Lipinski definition) is 5. The zero-order chi connectivity index (χ0) is 21.3. The van der Waals surface area contributed by atoms with Crippen molar-refractivity contribution in [2.75, 3.05) is 0 Å². The Balaban J connectivity index is 1.72. The van der Waals surface area contributed by atoms with E-state index in [1.54, 1.807) is 0 Å². The first-order chi connectivity index (χ1) is 14.3. The topological polar surface area (TPSA) is 53.5 Å². The van der Waals surface area contributed by atoms with Crippen molar-refractivity contribution in [1.82, 2.24) is 9.97 Å². The number of aromatic nitrogens is 2. The summed E-state index contributed by atoms with van der Waals surface area (Å²) in [6.45, 7) is 9.97. The van der Waals surface area contributed by atoms with E-state index in [-0.39, 0.29) is 0 Å². The number of para-hydroxylation sites is 2. The SMILES string of the molecule is Cc1ccc2cccc([O][Ga]([O]c3cccc4ccc(C)nc34)[O]C(C)(C)C)c2n1. The molecule has 4 aromatic rings. The van der Waals surface area contributed by atoms with Gasteiger partial charge in [-0.3, -0.25) is 0 Å². The zero-order valence-corrected chi connectivity index (χ0v) is 20.4. The van der Waals surface area contributed by atoms with E-state index in [9.17, 15) is 0 Å². The van der Waals surface area contributed by atoms with Gasteiger partial charge in [-0.2, -0.15) is 0 Å². The summed E-state index contributed by atoms with van der Waals surface area (Å²) in [6.07, 6.45) is 0. The Morgan fingerprint density at radius 2 is 1.13 bits per heavy atom. The zero-order valence-electron chi connectivity index (χ0n) is 18.0. The molecule has 4 rings (SSSR count). The number of rotatable bonds is 5. The van der Waals surface area contributed by atoms with E-state index in [0.29, 0.717) is 11.5 Å². The molecule has 30 heavy (non-hydrogen) atoms. The summed E-state index contributed by atoms with van der Waals surface area (Å²) < 4.78 is 19.1. The molecular formula is C24H25GaN2O3. The van der Waals surface area contributed by atoms with Crippen LogP contribution in [-0.2, 0) is 3.53 Å². The molecule has 0 saturated heterocycles. The van der Waals surface area contributed by atoms with Crippen LogP contribution >= 0.6 is 0 Å². The van der Waals surface area contributed by atoms with Crippen molar-refractivity contribution in [3.8, 4) is 11.5 Å². The van der Waals surface area contributed by atoms with Crippen LogP contribution in [0.5, 0.6) is 11.5 Å². The second-order valence-electron chi connectivity index (χ2n) is 8.32. The molecule has 0 aliphatic carbocycles. The summed E-state index contributed by atoms with van der Waals surface area (Å²) in [5, 5.41) is 2.05. The van der Waals surface area contributed by atoms with Gasteiger partial charge in [0.1, 0.15) is 0 Å². The summed E-state index contributed by atoms with van der Waals surface area (Å²) in [6, 6.07) is 19.9. The molecule has 2 heterocycles. The number of fused-ring (bicyclic) bond motifs is 2. The van der Waals surface area contributed by atoms with Crippen molar-refractivity contribution in [2.24, 2.45) is 0 Å². The van der Waals surface area contributed by atoms with Crippen LogP contribution in [0.25, 0.3) is 21.8 Å². The molecule has 0 bridgehead atoms. The molecule has 0 aliphatic heterocycles. The van der Waals surface area contributed by atoms with Crippen LogP contribution in [0, 0.1) is 13.8 Å². The number of pyridine rings is 2. The predicted molar refractivity (Wildman–Crippen MR) is 121 cm³/mol. The fraction of sp³-hybridized carbons (Fsp3) is 0.250. The average molecular weight is 459 g/mol. The first kappa shape index (κ1) is 20.7. The van der Waals surface area contributed by atoms with Gasteiger partial charge in [0.05, 0.1) is 0 Å². The molecule has 152 valence electrons. The van der Waals surface area contributed by atoms with Gasteiger partial charge in [0.25, 0.3) is 0 Å². The second kappa shape index (κ2) is 8.30. The van der Waals surface area contributed by atoms with Gasteiger partial charge in [-0.15, -0.1) is 0 Å². The molecule has 5 nitrogen and oxygen atoms in total. The summed E-state index contributed by atoms with van der Waals surface area (Å²) in [7, 11) is 0. The van der Waals surface area contributed by atoms with Gasteiger partial charge in [0.2, 0.25) is 0 Å². The number of aryl methyl sites for hydroxylation is 2. The summed E-state index contributed by atoms with van der Waals surface area (Å²) in [5.41, 5.74) is 3.12. The maximum atomic E-state index is 6.39. The molecule has 2 aromatic heterocycles. The Hall–Kier alpha value is -2.54. The molecule has 0 aliphatic rings. The molecule has 0 spiro atoms. The fourth-order valence-corrected chi connectivity index (χ4v) is 6.38. The standard InChI is InChI=1S/2C10H9NO.C4H9O.Ga/c2*1-7-5-6-8-3-2-4-9(12)10(8)11-7;1-4(2,3)5;/h2*2-6,12H,1H3;1-3H3;/q;;-1;+3/p-2. The maximum absolute atomic E-state index is 6.39. The molecule has 0 unspecified atom stereocenters. The molecule has 0 fully saturated rings. The molecule has 0 radical (unpaired) electrons. The van der Waals surface area contributed by atoms with Gasteiger partial charge < -0.3 is 0 Å². The number of nitrogens with zero attached hydrogens (tertiary/aromatic N) is 2. The van der Waals surface area contributed by atoms with E-state index in [4.69, 9.17) is 10.6 Å². The minimum absolute atomic E-state index is 0.396. The van der Waals surface area contributed by atoms with Crippen LogP contribution in [0.15, 0.2) is 60.7 Å². The Morgan fingerprint density at radius 3 is 1.57 bits per heavy atom. The monoisotopic (exact) mass is 458 g/mol. The fourth-order valence-electron chi connectivity index (χ4n) is 3.19. The van der Waals surface area contributed by atoms with Crippen molar-refractivity contribution in [3.05, 3.63) is 72.1 Å². The molecule has 0 saturated carbocycles. The van der Waals surface area contributed by atoms with Gasteiger partial charge in [-0.1, -0.05) is 0 Å². The molecular weight excluding hydrogens is 434 g/mol. The summed E-state index contributed by atoms with van der Waals surface area (Å²) in [4.78, 5) is 9.35. The van der Waals surface area contributed by atoms with E-state index in [1.807, 2.05) is 83.1 Å². The summed E-state index contributed by atoms with van der Waals surface area (Å²) >= 11 is -3.22. The quantitative estimate of drug-likeness (QED) is 0.361. The predicted octanol–water partition coefficient (Wildman–Crippen LogP) is 5.66. The molecule has 0 amide bonds. The first-order valence-corrected chi connectivity index (χ1v) is 13.0. The Morgan fingerprint density at radius 1 is 0.667 bits per heavy atom. The molecule has 0 N–H and O–H groups in total. The van der Waals surface area contributed by atoms with Crippen LogP contribution in [0.2, 0.25) is 0 Å². The second-order valence-corrected chi connectivity index (χ2v) is 11.0. The Bertz CT molecular complexity index is 1120.